The van der Waals surface area contributed by atoms with Crippen molar-refractivity contribution in [1.82, 2.24) is 0 Å². The maximum atomic E-state index is 13.1. The zero-order valence-corrected chi connectivity index (χ0v) is 12.9. The molecule has 2 aromatic rings. The maximum Gasteiger partial charge on any atom is 0.338 e. The molecule has 3 atom stereocenters. The monoisotopic (exact) mass is 334 g/mol. The highest BCUT2D eigenvalue weighted by atomic mass is 19.1. The van der Waals surface area contributed by atoms with Crippen LogP contribution in [0, 0.1) is 11.6 Å². The second-order valence-corrected chi connectivity index (χ2v) is 5.30. The lowest BCUT2D eigenvalue weighted by Gasteiger charge is -2.15. The van der Waals surface area contributed by atoms with Crippen LogP contribution in [-0.2, 0) is 19.0 Å². The SMILES string of the molecule is CCOC(=O)[C@@H]1O[C@H](c2ccc(F)cc2)O[C@@H]1c1ccc(F)cc1. The van der Waals surface area contributed by atoms with Gasteiger partial charge in [0.15, 0.2) is 12.4 Å². The van der Waals surface area contributed by atoms with E-state index < -0.39 is 24.5 Å². The molecule has 0 bridgehead atoms. The van der Waals surface area contributed by atoms with Gasteiger partial charge in [0.1, 0.15) is 17.7 Å². The summed E-state index contributed by atoms with van der Waals surface area (Å²) in [6.45, 7) is 1.90. The summed E-state index contributed by atoms with van der Waals surface area (Å²) in [6, 6.07) is 11.2. The van der Waals surface area contributed by atoms with Crippen molar-refractivity contribution in [3.8, 4) is 0 Å². The number of carbonyl (C=O) groups is 1. The fourth-order valence-electron chi connectivity index (χ4n) is 2.53. The Bertz CT molecular complexity index is 700. The van der Waals surface area contributed by atoms with E-state index in [4.69, 9.17) is 14.2 Å². The van der Waals surface area contributed by atoms with Gasteiger partial charge in [0, 0.05) is 5.56 Å². The van der Waals surface area contributed by atoms with E-state index >= 15 is 0 Å². The van der Waals surface area contributed by atoms with Crippen LogP contribution >= 0.6 is 0 Å². The first-order valence-corrected chi connectivity index (χ1v) is 7.57. The Morgan fingerprint density at radius 2 is 1.50 bits per heavy atom. The van der Waals surface area contributed by atoms with Crippen LogP contribution < -0.4 is 0 Å². The lowest BCUT2D eigenvalue weighted by Crippen LogP contribution is -2.28. The molecule has 0 spiro atoms. The highest BCUT2D eigenvalue weighted by Gasteiger charge is 2.43. The molecule has 3 rings (SSSR count). The number of benzene rings is 2. The van der Waals surface area contributed by atoms with Crippen molar-refractivity contribution < 1.29 is 27.8 Å². The molecule has 6 heteroatoms. The molecule has 0 amide bonds. The van der Waals surface area contributed by atoms with Gasteiger partial charge in [-0.2, -0.15) is 0 Å². The van der Waals surface area contributed by atoms with Gasteiger partial charge < -0.3 is 14.2 Å². The van der Waals surface area contributed by atoms with Gasteiger partial charge in [-0.15, -0.1) is 0 Å². The molecule has 0 N–H and O–H groups in total. The van der Waals surface area contributed by atoms with Gasteiger partial charge in [0.05, 0.1) is 6.61 Å². The quantitative estimate of drug-likeness (QED) is 0.800. The number of hydrogen-bond donors (Lipinski definition) is 0. The minimum Gasteiger partial charge on any atom is -0.464 e. The minimum absolute atomic E-state index is 0.204. The largest absolute Gasteiger partial charge is 0.464 e. The van der Waals surface area contributed by atoms with E-state index in [0.29, 0.717) is 11.1 Å². The number of ether oxygens (including phenoxy) is 3. The Hall–Kier alpha value is -2.31. The molecule has 2 aromatic carbocycles. The van der Waals surface area contributed by atoms with Crippen LogP contribution in [-0.4, -0.2) is 18.7 Å². The van der Waals surface area contributed by atoms with Gasteiger partial charge in [0.25, 0.3) is 0 Å². The molecule has 1 saturated heterocycles. The van der Waals surface area contributed by atoms with Crippen LogP contribution in [0.3, 0.4) is 0 Å². The Kier molecular flexibility index (Phi) is 4.87. The molecule has 1 heterocycles. The predicted octanol–water partition coefficient (Wildman–Crippen LogP) is 3.68. The number of hydrogen-bond acceptors (Lipinski definition) is 4. The molecular weight excluding hydrogens is 318 g/mol. The van der Waals surface area contributed by atoms with Gasteiger partial charge in [-0.3, -0.25) is 0 Å². The minimum atomic E-state index is -0.981. The zero-order valence-electron chi connectivity index (χ0n) is 12.9. The topological polar surface area (TPSA) is 44.8 Å². The van der Waals surface area contributed by atoms with Crippen LogP contribution in [0.15, 0.2) is 48.5 Å². The molecule has 0 aliphatic carbocycles. The molecule has 0 saturated carbocycles. The van der Waals surface area contributed by atoms with Crippen molar-refractivity contribution in [3.63, 3.8) is 0 Å². The maximum absolute atomic E-state index is 13.1. The van der Waals surface area contributed by atoms with Crippen molar-refractivity contribution in [2.75, 3.05) is 6.61 Å². The number of halogens is 2. The van der Waals surface area contributed by atoms with Crippen molar-refractivity contribution in [2.24, 2.45) is 0 Å². The van der Waals surface area contributed by atoms with E-state index in [1.807, 2.05) is 0 Å². The van der Waals surface area contributed by atoms with Gasteiger partial charge in [-0.1, -0.05) is 24.3 Å². The van der Waals surface area contributed by atoms with E-state index in [1.54, 1.807) is 6.92 Å². The van der Waals surface area contributed by atoms with Crippen LogP contribution in [0.1, 0.15) is 30.4 Å². The van der Waals surface area contributed by atoms with Crippen LogP contribution in [0.25, 0.3) is 0 Å². The molecule has 0 unspecified atom stereocenters. The van der Waals surface area contributed by atoms with Crippen LogP contribution in [0.5, 0.6) is 0 Å². The van der Waals surface area contributed by atoms with E-state index in [0.717, 1.165) is 0 Å². The number of rotatable bonds is 4. The van der Waals surface area contributed by atoms with Gasteiger partial charge in [-0.25, -0.2) is 13.6 Å². The van der Waals surface area contributed by atoms with Crippen LogP contribution in [0.4, 0.5) is 8.78 Å². The summed E-state index contributed by atoms with van der Waals surface area (Å²) >= 11 is 0. The first kappa shape index (κ1) is 16.5. The summed E-state index contributed by atoms with van der Waals surface area (Å²) in [5.74, 6) is -1.33. The third-order valence-electron chi connectivity index (χ3n) is 3.67. The average Bonchev–Trinajstić information content (AvgIpc) is 3.02. The normalized spacial score (nSPS) is 23.2. The zero-order chi connectivity index (χ0) is 17.1. The molecule has 24 heavy (non-hydrogen) atoms. The van der Waals surface area contributed by atoms with Gasteiger partial charge in [0.2, 0.25) is 0 Å². The Balaban J connectivity index is 1.87. The molecule has 1 aliphatic rings. The third-order valence-corrected chi connectivity index (χ3v) is 3.67. The van der Waals surface area contributed by atoms with E-state index in [-0.39, 0.29) is 18.2 Å². The fourth-order valence-corrected chi connectivity index (χ4v) is 2.53. The Morgan fingerprint density at radius 1 is 0.958 bits per heavy atom. The Labute approximate surface area is 138 Å². The lowest BCUT2D eigenvalue weighted by molar-refractivity contribution is -0.157. The summed E-state index contributed by atoms with van der Waals surface area (Å²) in [4.78, 5) is 12.2. The number of carbonyl (C=O) groups excluding carboxylic acids is 1. The third kappa shape index (κ3) is 3.44. The molecule has 4 nitrogen and oxygen atoms in total. The van der Waals surface area contributed by atoms with Crippen molar-refractivity contribution in [3.05, 3.63) is 71.3 Å². The molecule has 126 valence electrons. The molecule has 1 fully saturated rings. The highest BCUT2D eigenvalue weighted by molar-refractivity contribution is 5.76. The summed E-state index contributed by atoms with van der Waals surface area (Å²) < 4.78 is 42.7. The molecular formula is C18H16F2O4. The van der Waals surface area contributed by atoms with Crippen molar-refractivity contribution in [1.29, 1.82) is 0 Å². The molecule has 1 aliphatic heterocycles. The van der Waals surface area contributed by atoms with Gasteiger partial charge >= 0.3 is 5.97 Å². The highest BCUT2D eigenvalue weighted by Crippen LogP contribution is 2.40. The fraction of sp³-hybridized carbons (Fsp3) is 0.278. The van der Waals surface area contributed by atoms with Crippen LogP contribution in [0.2, 0.25) is 0 Å². The summed E-state index contributed by atoms with van der Waals surface area (Å²) in [6.07, 6.45) is -2.56. The number of esters is 1. The summed E-state index contributed by atoms with van der Waals surface area (Å²) in [5, 5.41) is 0. The van der Waals surface area contributed by atoms with Crippen molar-refractivity contribution >= 4 is 5.97 Å². The van der Waals surface area contributed by atoms with Gasteiger partial charge in [-0.05, 0) is 36.8 Å². The summed E-state index contributed by atoms with van der Waals surface area (Å²) in [7, 11) is 0. The van der Waals surface area contributed by atoms with E-state index in [9.17, 15) is 13.6 Å². The predicted molar refractivity (Wildman–Crippen MR) is 80.9 cm³/mol. The summed E-state index contributed by atoms with van der Waals surface area (Å²) in [5.41, 5.74) is 1.18. The molecule has 0 radical (unpaired) electrons. The Morgan fingerprint density at radius 3 is 2.04 bits per heavy atom. The van der Waals surface area contributed by atoms with E-state index in [2.05, 4.69) is 0 Å². The average molecular weight is 334 g/mol. The second kappa shape index (κ2) is 7.07. The molecule has 0 aromatic heterocycles. The van der Waals surface area contributed by atoms with E-state index in [1.165, 1.54) is 48.5 Å². The van der Waals surface area contributed by atoms with Crippen molar-refractivity contribution in [2.45, 2.75) is 25.4 Å². The smallest absolute Gasteiger partial charge is 0.338 e. The lowest BCUT2D eigenvalue weighted by atomic mass is 10.0. The first-order chi connectivity index (χ1) is 11.6. The standard InChI is InChI=1S/C18H16F2O4/c1-2-22-17(21)16-15(11-3-7-13(19)8-4-11)23-18(24-16)12-5-9-14(20)10-6-12/h3-10,15-16,18H,2H2,1H3/t15-,16-,18-/m1/s1. The second-order valence-electron chi connectivity index (χ2n) is 5.30. The first-order valence-electron chi connectivity index (χ1n) is 7.57.